The molecule has 3 aromatic rings. The van der Waals surface area contributed by atoms with Crippen LogP contribution in [0.2, 0.25) is 0 Å². The fourth-order valence-electron chi connectivity index (χ4n) is 3.93. The largest absolute Gasteiger partial charge is 0.471 e. The van der Waals surface area contributed by atoms with Crippen LogP contribution >= 0.6 is 11.5 Å². The molecular weight excluding hydrogens is 557 g/mol. The molecule has 2 atom stereocenters. The number of amides is 1. The molecule has 0 aromatic carbocycles. The number of hydrogen-bond donors (Lipinski definition) is 1. The fraction of sp³-hybridized carbons (Fsp3) is 0.435. The second-order valence-electron chi connectivity index (χ2n) is 8.78. The average molecular weight is 579 g/mol. The van der Waals surface area contributed by atoms with Crippen LogP contribution in [0, 0.1) is 6.92 Å². The molecule has 1 aliphatic rings. The summed E-state index contributed by atoms with van der Waals surface area (Å²) in [6.45, 7) is 0.0289. The summed E-state index contributed by atoms with van der Waals surface area (Å²) in [7, 11) is 0. The predicted molar refractivity (Wildman–Crippen MR) is 125 cm³/mol. The zero-order chi connectivity index (χ0) is 28.4. The van der Waals surface area contributed by atoms with E-state index in [2.05, 4.69) is 24.6 Å². The number of nitrogens with zero attached hydrogens (tertiary/aromatic N) is 5. The van der Waals surface area contributed by atoms with Crippen molar-refractivity contribution in [3.8, 4) is 5.88 Å². The highest BCUT2D eigenvalue weighted by Crippen LogP contribution is 2.28. The monoisotopic (exact) mass is 578 g/mol. The Labute approximate surface area is 221 Å². The number of carbonyl (C=O) groups excluding carboxylic acids is 1. The number of anilines is 1. The molecule has 8 nitrogen and oxygen atoms in total. The van der Waals surface area contributed by atoms with Crippen molar-refractivity contribution in [1.82, 2.24) is 24.2 Å². The molecule has 0 spiro atoms. The summed E-state index contributed by atoms with van der Waals surface area (Å²) in [5, 5.41) is 2.65. The maximum Gasteiger partial charge on any atom is 0.434 e. The Morgan fingerprint density at radius 2 is 1.90 bits per heavy atom. The number of pyridine rings is 1. The van der Waals surface area contributed by atoms with Crippen LogP contribution in [-0.4, -0.2) is 68.2 Å². The van der Waals surface area contributed by atoms with Gasteiger partial charge in [-0.05, 0) is 24.5 Å². The number of piperidine rings is 1. The van der Waals surface area contributed by atoms with Gasteiger partial charge in [0.05, 0.1) is 41.6 Å². The van der Waals surface area contributed by atoms with E-state index in [4.69, 9.17) is 4.74 Å². The highest BCUT2D eigenvalue weighted by atomic mass is 32.1. The molecule has 0 radical (unpaired) electrons. The lowest BCUT2D eigenvalue weighted by molar-refractivity contribution is -0.153. The van der Waals surface area contributed by atoms with E-state index in [1.165, 1.54) is 18.3 Å². The van der Waals surface area contributed by atoms with Crippen LogP contribution in [0.3, 0.4) is 0 Å². The number of rotatable bonds is 7. The van der Waals surface area contributed by atoms with E-state index in [-0.39, 0.29) is 42.2 Å². The van der Waals surface area contributed by atoms with Gasteiger partial charge < -0.3 is 10.1 Å². The molecule has 4 rings (SSSR count). The number of alkyl halides is 7. The molecule has 1 aliphatic heterocycles. The minimum Gasteiger partial charge on any atom is -0.471 e. The van der Waals surface area contributed by atoms with Crippen molar-refractivity contribution in [2.75, 3.05) is 25.0 Å². The van der Waals surface area contributed by atoms with Crippen molar-refractivity contribution in [3.63, 3.8) is 0 Å². The number of ether oxygens (including phenoxy) is 1. The van der Waals surface area contributed by atoms with Crippen LogP contribution in [0.1, 0.15) is 38.7 Å². The Morgan fingerprint density at radius 1 is 1.13 bits per heavy atom. The summed E-state index contributed by atoms with van der Waals surface area (Å²) < 4.78 is 99.9. The number of aromatic nitrogens is 4. The van der Waals surface area contributed by atoms with Gasteiger partial charge in [-0.3, -0.25) is 14.7 Å². The van der Waals surface area contributed by atoms with Gasteiger partial charge in [0, 0.05) is 43.1 Å². The first-order valence-corrected chi connectivity index (χ1v) is 12.3. The minimum absolute atomic E-state index is 0.0210. The highest BCUT2D eigenvalue weighted by Gasteiger charge is 2.37. The molecule has 210 valence electrons. The zero-order valence-corrected chi connectivity index (χ0v) is 21.0. The summed E-state index contributed by atoms with van der Waals surface area (Å²) in [6, 6.07) is 2.85. The summed E-state index contributed by atoms with van der Waals surface area (Å²) in [5.74, 6) is -0.493. The second kappa shape index (κ2) is 11.4. The Bertz CT molecular complexity index is 1280. The summed E-state index contributed by atoms with van der Waals surface area (Å²) in [6.07, 6.45) is -8.65. The second-order valence-corrected chi connectivity index (χ2v) is 9.64. The van der Waals surface area contributed by atoms with Crippen LogP contribution in [0.25, 0.3) is 0 Å². The number of carbonyl (C=O) groups is 1. The zero-order valence-electron chi connectivity index (χ0n) is 20.2. The van der Waals surface area contributed by atoms with Gasteiger partial charge >= 0.3 is 12.4 Å². The third kappa shape index (κ3) is 7.59. The van der Waals surface area contributed by atoms with Gasteiger partial charge in [-0.25, -0.2) is 14.4 Å². The minimum atomic E-state index is -4.62. The van der Waals surface area contributed by atoms with Gasteiger partial charge in [-0.15, -0.1) is 0 Å². The SMILES string of the molecule is Cc1nsc(Cc2cnc(C(F)(F)F)cn2)c1C(=O)Nc1ccc(O[C@H]2CCN(CC(F)(F)F)C[C@@H]2F)nc1. The van der Waals surface area contributed by atoms with E-state index in [9.17, 15) is 35.5 Å². The van der Waals surface area contributed by atoms with Crippen molar-refractivity contribution in [1.29, 1.82) is 0 Å². The van der Waals surface area contributed by atoms with Crippen LogP contribution in [0.5, 0.6) is 5.88 Å². The molecule has 4 heterocycles. The first kappa shape index (κ1) is 28.6. The van der Waals surface area contributed by atoms with Gasteiger partial charge in [-0.1, -0.05) is 0 Å². The lowest BCUT2D eigenvalue weighted by Crippen LogP contribution is -2.49. The standard InChI is InChI=1S/C23H21F7N6O2S/c1-12-20(17(39-35-12)6-14-8-32-18(9-31-14)23(28,29)30)21(37)34-13-2-3-19(33-7-13)38-16-4-5-36(10-15(16)24)11-22(25,26)27/h2-3,7-9,15-16H,4-6,10-11H2,1H3,(H,34,37)/t15-,16-/m0/s1. The van der Waals surface area contributed by atoms with E-state index in [0.717, 1.165) is 22.6 Å². The third-order valence-corrected chi connectivity index (χ3v) is 6.67. The van der Waals surface area contributed by atoms with Crippen molar-refractivity contribution in [2.24, 2.45) is 0 Å². The quantitative estimate of drug-likeness (QED) is 0.401. The van der Waals surface area contributed by atoms with Crippen molar-refractivity contribution in [2.45, 2.75) is 44.4 Å². The normalized spacial score (nSPS) is 18.7. The molecule has 16 heteroatoms. The number of nitrogens with one attached hydrogen (secondary N) is 1. The molecule has 1 amide bonds. The molecule has 0 aliphatic carbocycles. The number of likely N-dealkylation sites (tertiary alicyclic amines) is 1. The molecule has 0 saturated carbocycles. The first-order valence-electron chi connectivity index (χ1n) is 11.5. The number of halogens is 7. The molecular formula is C23H21F7N6O2S. The molecule has 0 unspecified atom stereocenters. The van der Waals surface area contributed by atoms with E-state index >= 15 is 0 Å². The molecule has 1 N–H and O–H groups in total. The predicted octanol–water partition coefficient (Wildman–Crippen LogP) is 4.85. The summed E-state index contributed by atoms with van der Waals surface area (Å²) in [4.78, 5) is 25.6. The van der Waals surface area contributed by atoms with E-state index < -0.39 is 49.3 Å². The average Bonchev–Trinajstić information content (AvgIpc) is 3.20. The van der Waals surface area contributed by atoms with Crippen LogP contribution in [-0.2, 0) is 12.6 Å². The number of hydrogen-bond acceptors (Lipinski definition) is 8. The molecule has 3 aromatic heterocycles. The van der Waals surface area contributed by atoms with Gasteiger partial charge in [0.2, 0.25) is 5.88 Å². The lowest BCUT2D eigenvalue weighted by atomic mass is 10.1. The Balaban J connectivity index is 1.36. The van der Waals surface area contributed by atoms with Crippen molar-refractivity contribution in [3.05, 3.63) is 58.2 Å². The van der Waals surface area contributed by atoms with Gasteiger partial charge in [0.25, 0.3) is 5.91 Å². The fourth-order valence-corrected chi connectivity index (χ4v) is 4.82. The topological polar surface area (TPSA) is 93.1 Å². The maximum atomic E-state index is 14.4. The Morgan fingerprint density at radius 3 is 2.49 bits per heavy atom. The third-order valence-electron chi connectivity index (χ3n) is 5.73. The molecule has 0 bridgehead atoms. The van der Waals surface area contributed by atoms with Crippen molar-refractivity contribution >= 4 is 23.1 Å². The van der Waals surface area contributed by atoms with Crippen molar-refractivity contribution < 1.29 is 40.3 Å². The first-order chi connectivity index (χ1) is 18.3. The molecule has 39 heavy (non-hydrogen) atoms. The van der Waals surface area contributed by atoms with E-state index in [1.807, 2.05) is 0 Å². The number of aryl methyl sites for hydroxylation is 1. The highest BCUT2D eigenvalue weighted by molar-refractivity contribution is 7.06. The van der Waals surface area contributed by atoms with Crippen LogP contribution in [0.4, 0.5) is 36.4 Å². The van der Waals surface area contributed by atoms with Crippen LogP contribution in [0.15, 0.2) is 30.7 Å². The summed E-state index contributed by atoms with van der Waals surface area (Å²) in [5.41, 5.74) is 0.00640. The smallest absolute Gasteiger partial charge is 0.434 e. The van der Waals surface area contributed by atoms with Crippen LogP contribution < -0.4 is 10.1 Å². The lowest BCUT2D eigenvalue weighted by Gasteiger charge is -2.34. The van der Waals surface area contributed by atoms with Gasteiger partial charge in [-0.2, -0.15) is 30.7 Å². The molecule has 1 saturated heterocycles. The van der Waals surface area contributed by atoms with Gasteiger partial charge in [0.1, 0.15) is 12.3 Å². The Kier molecular flexibility index (Phi) is 8.34. The maximum absolute atomic E-state index is 14.4. The Hall–Kier alpha value is -3.40. The molecule has 1 fully saturated rings. The van der Waals surface area contributed by atoms with E-state index in [1.54, 1.807) is 6.92 Å². The van der Waals surface area contributed by atoms with Gasteiger partial charge in [0.15, 0.2) is 5.69 Å². The summed E-state index contributed by atoms with van der Waals surface area (Å²) >= 11 is 1.01. The van der Waals surface area contributed by atoms with E-state index in [0.29, 0.717) is 16.8 Å².